The highest BCUT2D eigenvalue weighted by Crippen LogP contribution is 2.19. The molecule has 2 N–H and O–H groups in total. The van der Waals surface area contributed by atoms with Crippen LogP contribution in [0.3, 0.4) is 0 Å². The van der Waals surface area contributed by atoms with Crippen molar-refractivity contribution in [2.75, 3.05) is 31.6 Å². The van der Waals surface area contributed by atoms with Crippen LogP contribution in [0.25, 0.3) is 0 Å². The van der Waals surface area contributed by atoms with Gasteiger partial charge in [-0.15, -0.1) is 12.4 Å². The minimum absolute atomic E-state index is 0. The molecule has 2 rings (SSSR count). The maximum atomic E-state index is 5.80. The van der Waals surface area contributed by atoms with E-state index in [0.717, 1.165) is 25.5 Å². The standard InChI is InChI=1S/C14H24N4.ClH/c1-3-17(2)14-7-6-12(10-16-14)11-18-8-4-5-13(18)9-15;/h6-7,10,13H,3-5,8-9,11,15H2,1-2H3;1H. The first-order valence-electron chi connectivity index (χ1n) is 6.84. The van der Waals surface area contributed by atoms with Crippen molar-refractivity contribution in [1.82, 2.24) is 9.88 Å². The first-order chi connectivity index (χ1) is 8.74. The van der Waals surface area contributed by atoms with Crippen LogP contribution in [0.15, 0.2) is 18.3 Å². The zero-order valence-electron chi connectivity index (χ0n) is 11.9. The Morgan fingerprint density at radius 1 is 1.47 bits per heavy atom. The van der Waals surface area contributed by atoms with E-state index in [0.29, 0.717) is 6.04 Å². The Bertz CT molecular complexity index is 368. The second-order valence-electron chi connectivity index (χ2n) is 5.04. The van der Waals surface area contributed by atoms with E-state index in [2.05, 4.69) is 40.9 Å². The molecule has 108 valence electrons. The van der Waals surface area contributed by atoms with Gasteiger partial charge < -0.3 is 10.6 Å². The van der Waals surface area contributed by atoms with Crippen LogP contribution in [0.1, 0.15) is 25.3 Å². The number of pyridine rings is 1. The zero-order chi connectivity index (χ0) is 13.0. The lowest BCUT2D eigenvalue weighted by Gasteiger charge is -2.23. The summed E-state index contributed by atoms with van der Waals surface area (Å²) in [6, 6.07) is 4.84. The van der Waals surface area contributed by atoms with Crippen molar-refractivity contribution < 1.29 is 0 Å². The van der Waals surface area contributed by atoms with E-state index in [9.17, 15) is 0 Å². The Morgan fingerprint density at radius 3 is 2.84 bits per heavy atom. The number of nitrogens with two attached hydrogens (primary N) is 1. The van der Waals surface area contributed by atoms with Crippen LogP contribution in [0.4, 0.5) is 5.82 Å². The SMILES string of the molecule is CCN(C)c1ccc(CN2CCCC2CN)cn1.Cl. The fraction of sp³-hybridized carbons (Fsp3) is 0.643. The molecule has 5 heteroatoms. The largest absolute Gasteiger partial charge is 0.360 e. The Morgan fingerprint density at radius 2 is 2.26 bits per heavy atom. The number of rotatable bonds is 5. The third kappa shape index (κ3) is 4.06. The summed E-state index contributed by atoms with van der Waals surface area (Å²) in [5, 5.41) is 0. The van der Waals surface area contributed by atoms with Gasteiger partial charge in [0.1, 0.15) is 5.82 Å². The van der Waals surface area contributed by atoms with Gasteiger partial charge >= 0.3 is 0 Å². The highest BCUT2D eigenvalue weighted by atomic mass is 35.5. The third-order valence-electron chi connectivity index (χ3n) is 3.83. The molecular weight excluding hydrogens is 260 g/mol. The molecule has 0 radical (unpaired) electrons. The number of halogens is 1. The number of likely N-dealkylation sites (tertiary alicyclic amines) is 1. The van der Waals surface area contributed by atoms with Gasteiger partial charge in [0, 0.05) is 38.9 Å². The summed E-state index contributed by atoms with van der Waals surface area (Å²) in [7, 11) is 2.06. The predicted octanol–water partition coefficient (Wildman–Crippen LogP) is 1.88. The van der Waals surface area contributed by atoms with E-state index >= 15 is 0 Å². The molecule has 1 aliphatic heterocycles. The van der Waals surface area contributed by atoms with Gasteiger partial charge in [0.05, 0.1) is 0 Å². The second-order valence-corrected chi connectivity index (χ2v) is 5.04. The minimum Gasteiger partial charge on any atom is -0.360 e. The van der Waals surface area contributed by atoms with Gasteiger partial charge in [-0.05, 0) is 37.9 Å². The minimum atomic E-state index is 0. The van der Waals surface area contributed by atoms with Gasteiger partial charge in [-0.3, -0.25) is 4.90 Å². The molecule has 1 aliphatic rings. The molecule has 1 atom stereocenters. The predicted molar refractivity (Wildman–Crippen MR) is 82.9 cm³/mol. The third-order valence-corrected chi connectivity index (χ3v) is 3.83. The Kier molecular flexibility index (Phi) is 6.55. The van der Waals surface area contributed by atoms with Gasteiger partial charge in [0.2, 0.25) is 0 Å². The van der Waals surface area contributed by atoms with E-state index in [1.165, 1.54) is 24.9 Å². The molecule has 4 nitrogen and oxygen atoms in total. The van der Waals surface area contributed by atoms with Crippen LogP contribution < -0.4 is 10.6 Å². The van der Waals surface area contributed by atoms with Gasteiger partial charge in [0.25, 0.3) is 0 Å². The molecule has 0 bridgehead atoms. The van der Waals surface area contributed by atoms with Crippen LogP contribution in [-0.4, -0.2) is 42.6 Å². The number of nitrogens with zero attached hydrogens (tertiary/aromatic N) is 3. The van der Waals surface area contributed by atoms with Gasteiger partial charge in [-0.25, -0.2) is 4.98 Å². The molecule has 2 heterocycles. The fourth-order valence-electron chi connectivity index (χ4n) is 2.50. The van der Waals surface area contributed by atoms with Crippen molar-refractivity contribution in [3.05, 3.63) is 23.9 Å². The van der Waals surface area contributed by atoms with Crippen LogP contribution in [0, 0.1) is 0 Å². The quantitative estimate of drug-likeness (QED) is 0.897. The normalized spacial score (nSPS) is 19.2. The summed E-state index contributed by atoms with van der Waals surface area (Å²) >= 11 is 0. The highest BCUT2D eigenvalue weighted by molar-refractivity contribution is 5.85. The summed E-state index contributed by atoms with van der Waals surface area (Å²) in [5.41, 5.74) is 7.08. The maximum Gasteiger partial charge on any atom is 0.128 e. The average molecular weight is 285 g/mol. The summed E-state index contributed by atoms with van der Waals surface area (Å²) < 4.78 is 0. The molecule has 1 unspecified atom stereocenters. The molecule has 1 aromatic rings. The van der Waals surface area contributed by atoms with E-state index in [-0.39, 0.29) is 12.4 Å². The molecule has 0 spiro atoms. The van der Waals surface area contributed by atoms with Crippen molar-refractivity contribution in [1.29, 1.82) is 0 Å². The van der Waals surface area contributed by atoms with E-state index in [4.69, 9.17) is 5.73 Å². The van der Waals surface area contributed by atoms with Crippen molar-refractivity contribution in [3.63, 3.8) is 0 Å². The van der Waals surface area contributed by atoms with Crippen LogP contribution in [-0.2, 0) is 6.54 Å². The number of aromatic nitrogens is 1. The molecule has 0 amide bonds. The summed E-state index contributed by atoms with van der Waals surface area (Å²) in [6.07, 6.45) is 4.50. The monoisotopic (exact) mass is 284 g/mol. The summed E-state index contributed by atoms with van der Waals surface area (Å²) in [6.45, 7) is 6.02. The van der Waals surface area contributed by atoms with Crippen LogP contribution >= 0.6 is 12.4 Å². The first-order valence-corrected chi connectivity index (χ1v) is 6.84. The van der Waals surface area contributed by atoms with Crippen LogP contribution in [0.5, 0.6) is 0 Å². The maximum absolute atomic E-state index is 5.80. The lowest BCUT2D eigenvalue weighted by atomic mass is 10.2. The highest BCUT2D eigenvalue weighted by Gasteiger charge is 2.22. The molecular formula is C14H25ClN4. The molecule has 19 heavy (non-hydrogen) atoms. The first kappa shape index (κ1) is 16.2. The fourth-order valence-corrected chi connectivity index (χ4v) is 2.50. The molecule has 1 fully saturated rings. The van der Waals surface area contributed by atoms with Crippen molar-refractivity contribution >= 4 is 18.2 Å². The summed E-state index contributed by atoms with van der Waals surface area (Å²) in [4.78, 5) is 9.12. The van der Waals surface area contributed by atoms with Gasteiger partial charge in [-0.2, -0.15) is 0 Å². The van der Waals surface area contributed by atoms with Gasteiger partial charge in [0.15, 0.2) is 0 Å². The number of hydrogen-bond acceptors (Lipinski definition) is 4. The topological polar surface area (TPSA) is 45.4 Å². The van der Waals surface area contributed by atoms with Crippen molar-refractivity contribution in [3.8, 4) is 0 Å². The van der Waals surface area contributed by atoms with E-state index in [1.807, 2.05) is 6.20 Å². The molecule has 1 saturated heterocycles. The van der Waals surface area contributed by atoms with Crippen molar-refractivity contribution in [2.45, 2.75) is 32.4 Å². The van der Waals surface area contributed by atoms with Crippen LogP contribution in [0.2, 0.25) is 0 Å². The molecule has 0 saturated carbocycles. The lowest BCUT2D eigenvalue weighted by molar-refractivity contribution is 0.250. The number of hydrogen-bond donors (Lipinski definition) is 1. The molecule has 0 aromatic carbocycles. The smallest absolute Gasteiger partial charge is 0.128 e. The second kappa shape index (κ2) is 7.68. The average Bonchev–Trinajstić information content (AvgIpc) is 2.86. The van der Waals surface area contributed by atoms with Crippen molar-refractivity contribution in [2.24, 2.45) is 5.73 Å². The molecule has 1 aromatic heterocycles. The Balaban J connectivity index is 0.00000180. The Hall–Kier alpha value is -0.840. The molecule has 0 aliphatic carbocycles. The lowest BCUT2D eigenvalue weighted by Crippen LogP contribution is -2.34. The van der Waals surface area contributed by atoms with Gasteiger partial charge in [-0.1, -0.05) is 6.07 Å². The summed E-state index contributed by atoms with van der Waals surface area (Å²) in [5.74, 6) is 1.04. The van der Waals surface area contributed by atoms with E-state index in [1.54, 1.807) is 0 Å². The Labute approximate surface area is 122 Å². The number of anilines is 1. The zero-order valence-corrected chi connectivity index (χ0v) is 12.7. The van der Waals surface area contributed by atoms with E-state index < -0.39 is 0 Å².